The van der Waals surface area contributed by atoms with Gasteiger partial charge in [0.2, 0.25) is 0 Å². The van der Waals surface area contributed by atoms with E-state index in [1.54, 1.807) is 6.07 Å². The second kappa shape index (κ2) is 7.56. The predicted molar refractivity (Wildman–Crippen MR) is 107 cm³/mol. The van der Waals surface area contributed by atoms with Crippen LogP contribution in [-0.2, 0) is 13.0 Å². The summed E-state index contributed by atoms with van der Waals surface area (Å²) in [6.45, 7) is 0.988. The van der Waals surface area contributed by atoms with Crippen molar-refractivity contribution in [1.82, 2.24) is 14.7 Å². The van der Waals surface area contributed by atoms with Crippen molar-refractivity contribution >= 4 is 17.7 Å². The number of ether oxygens (including phenoxy) is 1. The smallest absolute Gasteiger partial charge is 0.407 e. The lowest BCUT2D eigenvalue weighted by Crippen LogP contribution is -2.24. The van der Waals surface area contributed by atoms with E-state index in [-0.39, 0.29) is 6.54 Å². The van der Waals surface area contributed by atoms with Crippen LogP contribution < -0.4 is 4.74 Å². The van der Waals surface area contributed by atoms with Gasteiger partial charge in [-0.15, -0.1) is 0 Å². The first-order valence-corrected chi connectivity index (χ1v) is 9.44. The summed E-state index contributed by atoms with van der Waals surface area (Å²) in [7, 11) is 1.51. The van der Waals surface area contributed by atoms with Crippen LogP contribution in [0.2, 0.25) is 5.02 Å². The summed E-state index contributed by atoms with van der Waals surface area (Å²) in [4.78, 5) is 12.3. The van der Waals surface area contributed by atoms with Gasteiger partial charge in [0.05, 0.1) is 24.5 Å². The van der Waals surface area contributed by atoms with E-state index in [0.29, 0.717) is 5.02 Å². The Labute approximate surface area is 167 Å². The molecule has 0 unspecified atom stereocenters. The molecule has 1 amide bonds. The van der Waals surface area contributed by atoms with Gasteiger partial charge < -0.3 is 14.7 Å². The number of hydrogen-bond donors (Lipinski definition) is 1. The van der Waals surface area contributed by atoms with Crippen molar-refractivity contribution in [3.8, 4) is 22.7 Å². The molecule has 0 bridgehead atoms. The SMILES string of the molecule is CN(Cc1cc(-c2ccn(-c3ccc4c(c3)CCCO4)n2)ccc1Cl)C(=O)O. The lowest BCUT2D eigenvalue weighted by Gasteiger charge is -2.17. The highest BCUT2D eigenvalue weighted by molar-refractivity contribution is 6.31. The fourth-order valence-corrected chi connectivity index (χ4v) is 3.47. The Balaban J connectivity index is 1.62. The monoisotopic (exact) mass is 397 g/mol. The number of benzene rings is 2. The Bertz CT molecular complexity index is 1030. The molecule has 0 saturated carbocycles. The average Bonchev–Trinajstić information content (AvgIpc) is 3.19. The van der Waals surface area contributed by atoms with Crippen LogP contribution in [0.25, 0.3) is 16.9 Å². The van der Waals surface area contributed by atoms with Crippen LogP contribution in [0.15, 0.2) is 48.7 Å². The molecule has 1 aliphatic rings. The number of aryl methyl sites for hydroxylation is 1. The maximum Gasteiger partial charge on any atom is 0.407 e. The summed E-state index contributed by atoms with van der Waals surface area (Å²) in [5.41, 5.74) is 4.61. The molecule has 1 aliphatic heterocycles. The minimum atomic E-state index is -0.998. The third-order valence-corrected chi connectivity index (χ3v) is 5.19. The predicted octanol–water partition coefficient (Wildman–Crippen LogP) is 4.63. The molecular formula is C21H20ClN3O3. The zero-order valence-corrected chi connectivity index (χ0v) is 16.2. The Morgan fingerprint density at radius 2 is 2.14 bits per heavy atom. The summed E-state index contributed by atoms with van der Waals surface area (Å²) < 4.78 is 7.51. The molecule has 6 nitrogen and oxygen atoms in total. The standard InChI is InChI=1S/C21H20ClN3O3/c1-24(21(26)27)13-16-11-14(4-6-18(16)22)19-8-9-25(23-19)17-5-7-20-15(12-17)3-2-10-28-20/h4-9,11-12H,2-3,10,13H2,1H3,(H,26,27). The van der Waals surface area contributed by atoms with Crippen LogP contribution in [0.3, 0.4) is 0 Å². The molecule has 3 aromatic rings. The number of carbonyl (C=O) groups is 1. The Hall–Kier alpha value is -2.99. The van der Waals surface area contributed by atoms with Gasteiger partial charge in [0.1, 0.15) is 5.75 Å². The highest BCUT2D eigenvalue weighted by Crippen LogP contribution is 2.28. The maximum atomic E-state index is 11.1. The number of rotatable bonds is 4. The normalized spacial score (nSPS) is 12.9. The number of aromatic nitrogens is 2. The van der Waals surface area contributed by atoms with Crippen molar-refractivity contribution in [2.45, 2.75) is 19.4 Å². The summed E-state index contributed by atoms with van der Waals surface area (Å²) in [6, 6.07) is 13.6. The molecule has 0 fully saturated rings. The van der Waals surface area contributed by atoms with Crippen molar-refractivity contribution in [2.24, 2.45) is 0 Å². The van der Waals surface area contributed by atoms with Gasteiger partial charge in [0.15, 0.2) is 0 Å². The van der Waals surface area contributed by atoms with E-state index >= 15 is 0 Å². The van der Waals surface area contributed by atoms with Gasteiger partial charge >= 0.3 is 6.09 Å². The van der Waals surface area contributed by atoms with Crippen LogP contribution in [0.4, 0.5) is 4.79 Å². The van der Waals surface area contributed by atoms with Crippen molar-refractivity contribution in [3.63, 3.8) is 0 Å². The lowest BCUT2D eigenvalue weighted by atomic mass is 10.1. The van der Waals surface area contributed by atoms with Crippen LogP contribution in [0.1, 0.15) is 17.5 Å². The first kappa shape index (κ1) is 18.4. The van der Waals surface area contributed by atoms with Crippen LogP contribution in [0, 0.1) is 0 Å². The topological polar surface area (TPSA) is 67.6 Å². The van der Waals surface area contributed by atoms with E-state index in [4.69, 9.17) is 21.4 Å². The largest absolute Gasteiger partial charge is 0.493 e. The fraction of sp³-hybridized carbons (Fsp3) is 0.238. The van der Waals surface area contributed by atoms with Gasteiger partial charge in [-0.2, -0.15) is 5.10 Å². The highest BCUT2D eigenvalue weighted by atomic mass is 35.5. The van der Waals surface area contributed by atoms with Gasteiger partial charge in [-0.3, -0.25) is 0 Å². The Morgan fingerprint density at radius 1 is 1.29 bits per heavy atom. The van der Waals surface area contributed by atoms with Crippen molar-refractivity contribution in [1.29, 1.82) is 0 Å². The maximum absolute atomic E-state index is 11.1. The average molecular weight is 398 g/mol. The number of halogens is 1. The van der Waals surface area contributed by atoms with Gasteiger partial charge in [0, 0.05) is 23.8 Å². The van der Waals surface area contributed by atoms with Crippen LogP contribution in [-0.4, -0.2) is 39.5 Å². The second-order valence-electron chi connectivity index (χ2n) is 6.83. The van der Waals surface area contributed by atoms with E-state index in [9.17, 15) is 4.79 Å². The summed E-state index contributed by atoms with van der Waals surface area (Å²) in [6.07, 6.45) is 2.95. The van der Waals surface area contributed by atoms with E-state index < -0.39 is 6.09 Å². The number of fused-ring (bicyclic) bond motifs is 1. The summed E-state index contributed by atoms with van der Waals surface area (Å²) >= 11 is 6.24. The third kappa shape index (κ3) is 3.68. The number of amides is 1. The fourth-order valence-electron chi connectivity index (χ4n) is 3.29. The summed E-state index contributed by atoms with van der Waals surface area (Å²) in [5.74, 6) is 0.951. The zero-order valence-electron chi connectivity index (χ0n) is 15.4. The first-order chi connectivity index (χ1) is 13.5. The highest BCUT2D eigenvalue weighted by Gasteiger charge is 2.14. The minimum Gasteiger partial charge on any atom is -0.493 e. The minimum absolute atomic E-state index is 0.216. The molecule has 28 heavy (non-hydrogen) atoms. The lowest BCUT2D eigenvalue weighted by molar-refractivity contribution is 0.154. The molecule has 0 radical (unpaired) electrons. The van der Waals surface area contributed by atoms with Crippen LogP contribution >= 0.6 is 11.6 Å². The Kier molecular flexibility index (Phi) is 4.96. The number of carboxylic acid groups (broad SMARTS) is 1. The molecule has 7 heteroatoms. The molecule has 2 aromatic carbocycles. The first-order valence-electron chi connectivity index (χ1n) is 9.06. The van der Waals surface area contributed by atoms with E-state index in [1.807, 2.05) is 41.2 Å². The molecule has 0 saturated heterocycles. The molecule has 4 rings (SSSR count). The Morgan fingerprint density at radius 3 is 2.96 bits per heavy atom. The van der Waals surface area contributed by atoms with Crippen molar-refractivity contribution < 1.29 is 14.6 Å². The van der Waals surface area contributed by atoms with Gasteiger partial charge in [-0.25, -0.2) is 9.48 Å². The van der Waals surface area contributed by atoms with E-state index in [1.165, 1.54) is 17.5 Å². The van der Waals surface area contributed by atoms with Crippen molar-refractivity contribution in [3.05, 3.63) is 64.8 Å². The molecule has 0 aliphatic carbocycles. The third-order valence-electron chi connectivity index (χ3n) is 4.82. The molecule has 2 heterocycles. The van der Waals surface area contributed by atoms with E-state index in [2.05, 4.69) is 11.2 Å². The number of hydrogen-bond acceptors (Lipinski definition) is 3. The van der Waals surface area contributed by atoms with Crippen LogP contribution in [0.5, 0.6) is 5.75 Å². The summed E-state index contributed by atoms with van der Waals surface area (Å²) in [5, 5.41) is 14.3. The molecule has 1 aromatic heterocycles. The molecule has 144 valence electrons. The molecule has 0 spiro atoms. The number of nitrogens with zero attached hydrogens (tertiary/aromatic N) is 3. The molecule has 1 N–H and O–H groups in total. The van der Waals surface area contributed by atoms with Gasteiger partial charge in [-0.1, -0.05) is 17.7 Å². The van der Waals surface area contributed by atoms with Gasteiger partial charge in [0.25, 0.3) is 0 Å². The molecule has 0 atom stereocenters. The zero-order chi connectivity index (χ0) is 19.7. The van der Waals surface area contributed by atoms with E-state index in [0.717, 1.165) is 47.7 Å². The quantitative estimate of drug-likeness (QED) is 0.697. The van der Waals surface area contributed by atoms with Crippen molar-refractivity contribution in [2.75, 3.05) is 13.7 Å². The molecular weight excluding hydrogens is 378 g/mol. The van der Waals surface area contributed by atoms with Gasteiger partial charge in [-0.05, 0) is 60.4 Å². The second-order valence-corrected chi connectivity index (χ2v) is 7.24.